The van der Waals surface area contributed by atoms with Crippen molar-refractivity contribution in [2.24, 2.45) is 0 Å². The minimum atomic E-state index is -0.306. The molecule has 2 heterocycles. The highest BCUT2D eigenvalue weighted by Gasteiger charge is 2.18. The molecule has 1 atom stereocenters. The molecule has 0 bridgehead atoms. The Morgan fingerprint density at radius 3 is 3.23 bits per heavy atom. The Bertz CT molecular complexity index is 405. The van der Waals surface area contributed by atoms with E-state index in [1.54, 1.807) is 0 Å². The van der Waals surface area contributed by atoms with E-state index in [1.807, 2.05) is 0 Å². The third kappa shape index (κ3) is 1.68. The minimum absolute atomic E-state index is 0.223. The normalized spacial score (nSPS) is 22.0. The summed E-state index contributed by atoms with van der Waals surface area (Å²) >= 11 is 4.76. The monoisotopic (exact) mass is 199 g/mol. The van der Waals surface area contributed by atoms with Crippen LogP contribution in [0.2, 0.25) is 0 Å². The summed E-state index contributed by atoms with van der Waals surface area (Å²) in [5, 5.41) is 3.90. The van der Waals surface area contributed by atoms with Gasteiger partial charge in [0.15, 0.2) is 6.23 Å². The molecule has 0 aromatic carbocycles. The van der Waals surface area contributed by atoms with Gasteiger partial charge in [0.05, 0.1) is 6.20 Å². The molecule has 0 unspecified atom stereocenters. The molecule has 1 aromatic heterocycles. The number of rotatable bonds is 1. The fraction of sp³-hybridized carbons (Fsp3) is 0.571. The van der Waals surface area contributed by atoms with Crippen molar-refractivity contribution in [3.8, 4) is 0 Å². The third-order valence-corrected chi connectivity index (χ3v) is 2.12. The summed E-state index contributed by atoms with van der Waals surface area (Å²) in [4.78, 5) is 13.8. The second-order valence-electron chi connectivity index (χ2n) is 2.85. The lowest BCUT2D eigenvalue weighted by Gasteiger charge is -2.09. The fourth-order valence-corrected chi connectivity index (χ4v) is 1.46. The summed E-state index contributed by atoms with van der Waals surface area (Å²) in [5.74, 6) is 0. The van der Waals surface area contributed by atoms with Crippen LogP contribution in [0.4, 0.5) is 0 Å². The number of aromatic amines is 1. The van der Waals surface area contributed by atoms with Crippen molar-refractivity contribution in [2.75, 3.05) is 6.61 Å². The maximum Gasteiger partial charge on any atom is 0.345 e. The first kappa shape index (κ1) is 8.58. The average molecular weight is 199 g/mol. The Hall–Kier alpha value is -1.01. The van der Waals surface area contributed by atoms with E-state index in [4.69, 9.17) is 17.0 Å². The summed E-state index contributed by atoms with van der Waals surface area (Å²) < 4.78 is 6.95. The summed E-state index contributed by atoms with van der Waals surface area (Å²) in [7, 11) is 0. The van der Waals surface area contributed by atoms with E-state index in [1.165, 1.54) is 10.9 Å². The van der Waals surface area contributed by atoms with E-state index in [9.17, 15) is 4.79 Å². The first-order valence-corrected chi connectivity index (χ1v) is 4.48. The van der Waals surface area contributed by atoms with Crippen molar-refractivity contribution in [2.45, 2.75) is 19.1 Å². The Labute approximate surface area is 79.4 Å². The summed E-state index contributed by atoms with van der Waals surface area (Å²) in [5.41, 5.74) is -0.306. The van der Waals surface area contributed by atoms with Gasteiger partial charge in [-0.1, -0.05) is 12.2 Å². The lowest BCUT2D eigenvalue weighted by atomic mass is 10.3. The maximum absolute atomic E-state index is 11.3. The highest BCUT2D eigenvalue weighted by Crippen LogP contribution is 2.19. The zero-order valence-corrected chi connectivity index (χ0v) is 7.71. The minimum Gasteiger partial charge on any atom is -0.356 e. The fourth-order valence-electron chi connectivity index (χ4n) is 1.32. The van der Waals surface area contributed by atoms with Gasteiger partial charge in [-0.25, -0.2) is 4.79 Å². The number of hydrogen-bond acceptors (Lipinski definition) is 4. The van der Waals surface area contributed by atoms with Gasteiger partial charge in [0.25, 0.3) is 0 Å². The van der Waals surface area contributed by atoms with Gasteiger partial charge in [-0.3, -0.25) is 4.98 Å². The molecular weight excluding hydrogens is 190 g/mol. The van der Waals surface area contributed by atoms with Crippen LogP contribution in [0, 0.1) is 4.64 Å². The van der Waals surface area contributed by atoms with E-state index >= 15 is 0 Å². The summed E-state index contributed by atoms with van der Waals surface area (Å²) in [6.45, 7) is 0.689. The Kier molecular flexibility index (Phi) is 2.24. The largest absolute Gasteiger partial charge is 0.356 e. The predicted molar refractivity (Wildman–Crippen MR) is 47.9 cm³/mol. The Morgan fingerprint density at radius 2 is 2.62 bits per heavy atom. The van der Waals surface area contributed by atoms with Gasteiger partial charge >= 0.3 is 5.69 Å². The number of H-pyrrole nitrogens is 1. The van der Waals surface area contributed by atoms with Crippen LogP contribution in [-0.2, 0) is 4.74 Å². The van der Waals surface area contributed by atoms with Crippen molar-refractivity contribution in [3.05, 3.63) is 21.3 Å². The summed E-state index contributed by atoms with van der Waals surface area (Å²) in [6, 6.07) is 0. The van der Waals surface area contributed by atoms with Gasteiger partial charge in [0, 0.05) is 6.61 Å². The molecule has 1 N–H and O–H groups in total. The number of hydrogen-bond donors (Lipinski definition) is 1. The van der Waals surface area contributed by atoms with Crippen LogP contribution in [0.3, 0.4) is 0 Å². The van der Waals surface area contributed by atoms with Crippen LogP contribution in [0.15, 0.2) is 11.0 Å². The third-order valence-electron chi connectivity index (χ3n) is 1.92. The second-order valence-corrected chi connectivity index (χ2v) is 3.29. The highest BCUT2D eigenvalue weighted by atomic mass is 32.1. The zero-order chi connectivity index (χ0) is 9.26. The first-order valence-electron chi connectivity index (χ1n) is 4.07. The summed E-state index contributed by atoms with van der Waals surface area (Å²) in [6.07, 6.45) is 3.02. The van der Waals surface area contributed by atoms with E-state index in [2.05, 4.69) is 10.1 Å². The van der Waals surface area contributed by atoms with Crippen molar-refractivity contribution in [1.82, 2.24) is 14.8 Å². The molecule has 1 aliphatic rings. The van der Waals surface area contributed by atoms with Gasteiger partial charge in [0.2, 0.25) is 0 Å². The molecule has 2 rings (SSSR count). The van der Waals surface area contributed by atoms with Crippen molar-refractivity contribution < 1.29 is 4.74 Å². The molecule has 70 valence electrons. The molecule has 0 amide bonds. The van der Waals surface area contributed by atoms with Gasteiger partial charge in [0.1, 0.15) is 4.64 Å². The SMILES string of the molecule is O=c1[nH]c(=S)cnn1[C@@H]1CCCO1. The predicted octanol–water partition coefficient (Wildman–Crippen LogP) is 0.610. The molecule has 1 saturated heterocycles. The molecule has 13 heavy (non-hydrogen) atoms. The van der Waals surface area contributed by atoms with Crippen LogP contribution in [0.5, 0.6) is 0 Å². The number of nitrogens with one attached hydrogen (secondary N) is 1. The molecule has 1 fully saturated rings. The smallest absolute Gasteiger partial charge is 0.345 e. The van der Waals surface area contributed by atoms with Gasteiger partial charge in [-0.2, -0.15) is 9.78 Å². The standard InChI is InChI=1S/C7H9N3O2S/c11-7-9-5(13)4-8-10(7)6-2-1-3-12-6/h4,6H,1-3H2,(H,9,11,13)/t6-/m0/s1. The number of aromatic nitrogens is 3. The lowest BCUT2D eigenvalue weighted by Crippen LogP contribution is -2.28. The molecule has 0 radical (unpaired) electrons. The van der Waals surface area contributed by atoms with Crippen molar-refractivity contribution in [3.63, 3.8) is 0 Å². The molecule has 6 heteroatoms. The molecular formula is C7H9N3O2S. The second kappa shape index (κ2) is 3.39. The highest BCUT2D eigenvalue weighted by molar-refractivity contribution is 7.71. The number of nitrogens with zero attached hydrogens (tertiary/aromatic N) is 2. The van der Waals surface area contributed by atoms with Crippen molar-refractivity contribution >= 4 is 12.2 Å². The van der Waals surface area contributed by atoms with Crippen LogP contribution < -0.4 is 5.69 Å². The molecule has 0 spiro atoms. The van der Waals surface area contributed by atoms with E-state index < -0.39 is 0 Å². The molecule has 0 aliphatic carbocycles. The van der Waals surface area contributed by atoms with Crippen LogP contribution in [0.1, 0.15) is 19.1 Å². The molecule has 0 saturated carbocycles. The van der Waals surface area contributed by atoms with Crippen LogP contribution in [-0.4, -0.2) is 21.4 Å². The lowest BCUT2D eigenvalue weighted by molar-refractivity contribution is 0.0413. The van der Waals surface area contributed by atoms with Crippen LogP contribution in [0.25, 0.3) is 0 Å². The Morgan fingerprint density at radius 1 is 1.77 bits per heavy atom. The van der Waals surface area contributed by atoms with E-state index in [0.29, 0.717) is 11.2 Å². The van der Waals surface area contributed by atoms with E-state index in [-0.39, 0.29) is 11.9 Å². The van der Waals surface area contributed by atoms with Gasteiger partial charge < -0.3 is 4.74 Å². The first-order chi connectivity index (χ1) is 6.27. The van der Waals surface area contributed by atoms with Crippen LogP contribution >= 0.6 is 12.2 Å². The maximum atomic E-state index is 11.3. The van der Waals surface area contributed by atoms with Gasteiger partial charge in [-0.05, 0) is 12.8 Å². The number of ether oxygens (including phenoxy) is 1. The molecule has 1 aromatic rings. The van der Waals surface area contributed by atoms with Crippen molar-refractivity contribution in [1.29, 1.82) is 0 Å². The van der Waals surface area contributed by atoms with Gasteiger partial charge in [-0.15, -0.1) is 0 Å². The van der Waals surface area contributed by atoms with E-state index in [0.717, 1.165) is 12.8 Å². The topological polar surface area (TPSA) is 59.9 Å². The average Bonchev–Trinajstić information content (AvgIpc) is 2.56. The Balaban J connectivity index is 2.40. The quantitative estimate of drug-likeness (QED) is 0.673. The zero-order valence-electron chi connectivity index (χ0n) is 6.90. The molecule has 1 aliphatic heterocycles. The molecule has 5 nitrogen and oxygen atoms in total.